The second-order valence-electron chi connectivity index (χ2n) is 2.56. The first-order chi connectivity index (χ1) is 6.24. The Balaban J connectivity index is 2.66. The number of halogens is 1. The normalized spacial score (nSPS) is 10.9. The predicted molar refractivity (Wildman–Crippen MR) is 61.4 cm³/mol. The molecule has 3 heteroatoms. The molecule has 0 bridgehead atoms. The Kier molecular flexibility index (Phi) is 4.19. The minimum absolute atomic E-state index is 0.688. The highest BCUT2D eigenvalue weighted by atomic mass is 35.5. The van der Waals surface area contributed by atoms with Crippen LogP contribution in [0.4, 0.5) is 5.69 Å². The van der Waals surface area contributed by atoms with Crippen LogP contribution in [0.5, 0.6) is 0 Å². The summed E-state index contributed by atoms with van der Waals surface area (Å²) in [6.45, 7) is 2.01. The fourth-order valence-corrected chi connectivity index (χ4v) is 1.92. The van der Waals surface area contributed by atoms with Crippen LogP contribution in [0.3, 0.4) is 0 Å². The molecule has 2 N–H and O–H groups in total. The van der Waals surface area contributed by atoms with Gasteiger partial charge in [-0.05, 0) is 25.1 Å². The van der Waals surface area contributed by atoms with Gasteiger partial charge in [0, 0.05) is 21.4 Å². The van der Waals surface area contributed by atoms with Gasteiger partial charge in [0.15, 0.2) is 0 Å². The zero-order valence-electron chi connectivity index (χ0n) is 7.46. The van der Waals surface area contributed by atoms with Crippen molar-refractivity contribution in [3.05, 3.63) is 35.4 Å². The summed E-state index contributed by atoms with van der Waals surface area (Å²) < 4.78 is 0. The molecule has 0 aliphatic heterocycles. The van der Waals surface area contributed by atoms with Crippen LogP contribution in [0.1, 0.15) is 6.92 Å². The summed E-state index contributed by atoms with van der Waals surface area (Å²) in [6, 6.07) is 5.58. The molecule has 0 spiro atoms. The van der Waals surface area contributed by atoms with Gasteiger partial charge in [-0.3, -0.25) is 0 Å². The summed E-state index contributed by atoms with van der Waals surface area (Å²) in [5.74, 6) is 0.947. The van der Waals surface area contributed by atoms with Crippen molar-refractivity contribution in [2.75, 3.05) is 11.5 Å². The van der Waals surface area contributed by atoms with E-state index in [9.17, 15) is 0 Å². The molecule has 0 unspecified atom stereocenters. The summed E-state index contributed by atoms with van der Waals surface area (Å²) in [6.07, 6.45) is 4.12. The second kappa shape index (κ2) is 5.20. The van der Waals surface area contributed by atoms with Gasteiger partial charge in [0.25, 0.3) is 0 Å². The maximum absolute atomic E-state index is 5.78. The lowest BCUT2D eigenvalue weighted by molar-refractivity contribution is 1.46. The van der Waals surface area contributed by atoms with E-state index >= 15 is 0 Å². The van der Waals surface area contributed by atoms with E-state index in [1.165, 1.54) is 0 Å². The molecule has 0 atom stereocenters. The van der Waals surface area contributed by atoms with Crippen LogP contribution in [-0.4, -0.2) is 5.75 Å². The number of allylic oxidation sites excluding steroid dienone is 1. The van der Waals surface area contributed by atoms with E-state index < -0.39 is 0 Å². The van der Waals surface area contributed by atoms with Crippen LogP contribution in [0.15, 0.2) is 35.2 Å². The standard InChI is InChI=1S/C10H12ClNS/c1-2-3-6-13-10-5-4-8(11)7-9(10)12/h2-5,7H,6,12H2,1H3/b3-2+. The van der Waals surface area contributed by atoms with Gasteiger partial charge < -0.3 is 5.73 Å². The Morgan fingerprint density at radius 1 is 1.54 bits per heavy atom. The average Bonchev–Trinajstić information content (AvgIpc) is 2.09. The molecule has 0 amide bonds. The summed E-state index contributed by atoms with van der Waals surface area (Å²) in [7, 11) is 0. The van der Waals surface area contributed by atoms with Crippen molar-refractivity contribution in [3.63, 3.8) is 0 Å². The summed E-state index contributed by atoms with van der Waals surface area (Å²) in [4.78, 5) is 1.09. The van der Waals surface area contributed by atoms with E-state index in [1.807, 2.05) is 25.1 Å². The monoisotopic (exact) mass is 213 g/mol. The molecule has 0 fully saturated rings. The molecule has 0 saturated carbocycles. The fraction of sp³-hybridized carbons (Fsp3) is 0.200. The van der Waals surface area contributed by atoms with E-state index in [1.54, 1.807) is 17.8 Å². The van der Waals surface area contributed by atoms with E-state index in [0.717, 1.165) is 16.3 Å². The van der Waals surface area contributed by atoms with Crippen LogP contribution in [-0.2, 0) is 0 Å². The molecule has 0 radical (unpaired) electrons. The zero-order chi connectivity index (χ0) is 9.68. The fourth-order valence-electron chi connectivity index (χ4n) is 0.885. The highest BCUT2D eigenvalue weighted by molar-refractivity contribution is 7.99. The van der Waals surface area contributed by atoms with Gasteiger partial charge in [0.2, 0.25) is 0 Å². The number of hydrogen-bond acceptors (Lipinski definition) is 2. The first-order valence-electron chi connectivity index (χ1n) is 4.03. The highest BCUT2D eigenvalue weighted by Crippen LogP contribution is 2.27. The molecule has 0 saturated heterocycles. The smallest absolute Gasteiger partial charge is 0.0467 e. The molecule has 70 valence electrons. The molecule has 0 aromatic heterocycles. The SMILES string of the molecule is C/C=C/CSc1ccc(Cl)cc1N. The van der Waals surface area contributed by atoms with Crippen LogP contribution in [0.25, 0.3) is 0 Å². The van der Waals surface area contributed by atoms with Crippen LogP contribution >= 0.6 is 23.4 Å². The van der Waals surface area contributed by atoms with E-state index in [2.05, 4.69) is 6.08 Å². The maximum Gasteiger partial charge on any atom is 0.0467 e. The van der Waals surface area contributed by atoms with Crippen molar-refractivity contribution in [2.45, 2.75) is 11.8 Å². The molecule has 0 heterocycles. The Hall–Kier alpha value is -0.600. The molecule has 13 heavy (non-hydrogen) atoms. The number of nitrogen functional groups attached to an aromatic ring is 1. The summed E-state index contributed by atoms with van der Waals surface area (Å²) in [5.41, 5.74) is 6.53. The number of thioether (sulfide) groups is 1. The minimum atomic E-state index is 0.688. The number of anilines is 1. The largest absolute Gasteiger partial charge is 0.398 e. The van der Waals surface area contributed by atoms with Gasteiger partial charge in [-0.1, -0.05) is 23.8 Å². The van der Waals surface area contributed by atoms with Gasteiger partial charge in [0.05, 0.1) is 0 Å². The number of hydrogen-bond donors (Lipinski definition) is 1. The molecule has 1 aromatic rings. The number of benzene rings is 1. The molecular formula is C10H12ClNS. The van der Waals surface area contributed by atoms with Gasteiger partial charge in [-0.15, -0.1) is 11.8 Å². The first kappa shape index (κ1) is 10.5. The molecule has 1 aromatic carbocycles. The highest BCUT2D eigenvalue weighted by Gasteiger charge is 1.98. The third kappa shape index (κ3) is 3.33. The number of rotatable bonds is 3. The van der Waals surface area contributed by atoms with E-state index in [-0.39, 0.29) is 0 Å². The Bertz CT molecular complexity index is 310. The second-order valence-corrected chi connectivity index (χ2v) is 4.06. The maximum atomic E-state index is 5.78. The van der Waals surface area contributed by atoms with Crippen molar-refractivity contribution in [1.82, 2.24) is 0 Å². The average molecular weight is 214 g/mol. The van der Waals surface area contributed by atoms with E-state index in [0.29, 0.717) is 5.02 Å². The summed E-state index contributed by atoms with van der Waals surface area (Å²) >= 11 is 7.48. The third-order valence-corrected chi connectivity index (χ3v) is 2.82. The summed E-state index contributed by atoms with van der Waals surface area (Å²) in [5, 5.41) is 0.688. The van der Waals surface area contributed by atoms with Crippen molar-refractivity contribution in [2.24, 2.45) is 0 Å². The Morgan fingerprint density at radius 2 is 2.31 bits per heavy atom. The van der Waals surface area contributed by atoms with Gasteiger partial charge in [0.1, 0.15) is 0 Å². The third-order valence-electron chi connectivity index (χ3n) is 1.54. The lowest BCUT2D eigenvalue weighted by atomic mass is 10.3. The lowest BCUT2D eigenvalue weighted by Gasteiger charge is -2.03. The van der Waals surface area contributed by atoms with Gasteiger partial charge in [-0.2, -0.15) is 0 Å². The van der Waals surface area contributed by atoms with Crippen molar-refractivity contribution in [1.29, 1.82) is 0 Å². The van der Waals surface area contributed by atoms with E-state index in [4.69, 9.17) is 17.3 Å². The van der Waals surface area contributed by atoms with Crippen LogP contribution < -0.4 is 5.73 Å². The molecule has 1 nitrogen and oxygen atoms in total. The zero-order valence-corrected chi connectivity index (χ0v) is 9.03. The van der Waals surface area contributed by atoms with Crippen LogP contribution in [0, 0.1) is 0 Å². The van der Waals surface area contributed by atoms with Gasteiger partial charge in [-0.25, -0.2) is 0 Å². The molecule has 0 aliphatic carbocycles. The Labute approximate surface area is 88.0 Å². The van der Waals surface area contributed by atoms with Crippen molar-refractivity contribution in [3.8, 4) is 0 Å². The lowest BCUT2D eigenvalue weighted by Crippen LogP contribution is -1.88. The number of nitrogens with two attached hydrogens (primary N) is 1. The van der Waals surface area contributed by atoms with Crippen LogP contribution in [0.2, 0.25) is 5.02 Å². The molecular weight excluding hydrogens is 202 g/mol. The van der Waals surface area contributed by atoms with Gasteiger partial charge >= 0.3 is 0 Å². The Morgan fingerprint density at radius 3 is 2.92 bits per heavy atom. The minimum Gasteiger partial charge on any atom is -0.398 e. The predicted octanol–water partition coefficient (Wildman–Crippen LogP) is 3.59. The topological polar surface area (TPSA) is 26.0 Å². The first-order valence-corrected chi connectivity index (χ1v) is 5.39. The molecule has 0 aliphatic rings. The molecule has 1 rings (SSSR count). The van der Waals surface area contributed by atoms with Crippen molar-refractivity contribution >= 4 is 29.1 Å². The quantitative estimate of drug-likeness (QED) is 0.472. The van der Waals surface area contributed by atoms with Crippen molar-refractivity contribution < 1.29 is 0 Å².